The highest BCUT2D eigenvalue weighted by molar-refractivity contribution is 5.78. The highest BCUT2D eigenvalue weighted by Gasteiger charge is 2.50. The summed E-state index contributed by atoms with van der Waals surface area (Å²) in [6.45, 7) is 18.8. The molecule has 3 heteroatoms. The minimum absolute atomic E-state index is 0.0224. The third-order valence-corrected chi connectivity index (χ3v) is 5.70. The van der Waals surface area contributed by atoms with Crippen LogP contribution in [0, 0.1) is 16.2 Å². The molecule has 0 amide bonds. The van der Waals surface area contributed by atoms with Crippen molar-refractivity contribution in [3.05, 3.63) is 0 Å². The molecule has 0 heterocycles. The average Bonchev–Trinajstić information content (AvgIpc) is 2.37. The second-order valence-electron chi connectivity index (χ2n) is 8.89. The van der Waals surface area contributed by atoms with Crippen LogP contribution in [0.25, 0.3) is 0 Å². The van der Waals surface area contributed by atoms with Gasteiger partial charge in [0.25, 0.3) is 0 Å². The molecule has 0 aromatic rings. The summed E-state index contributed by atoms with van der Waals surface area (Å²) in [5, 5.41) is 9.16. The molecule has 0 aromatic carbocycles. The summed E-state index contributed by atoms with van der Waals surface area (Å²) in [4.78, 5) is 13.1. The minimum atomic E-state index is -0.632. The molecule has 0 spiro atoms. The lowest BCUT2D eigenvalue weighted by Crippen LogP contribution is -2.48. The molecule has 1 atom stereocenters. The van der Waals surface area contributed by atoms with E-state index in [0.717, 1.165) is 19.3 Å². The lowest BCUT2D eigenvalue weighted by atomic mass is 9.58. The van der Waals surface area contributed by atoms with Crippen LogP contribution in [-0.4, -0.2) is 23.3 Å². The maximum absolute atomic E-state index is 13.1. The van der Waals surface area contributed by atoms with Gasteiger partial charge >= 0.3 is 5.97 Å². The number of ether oxygens (including phenoxy) is 1. The Kier molecular flexibility index (Phi) is 7.14. The largest absolute Gasteiger partial charge is 0.459 e. The maximum atomic E-state index is 13.1. The predicted molar refractivity (Wildman–Crippen MR) is 92.7 cm³/mol. The molecule has 1 N–H and O–H groups in total. The number of carbonyl (C=O) groups excluding carboxylic acids is 1. The van der Waals surface area contributed by atoms with Gasteiger partial charge in [0.05, 0.1) is 5.41 Å². The van der Waals surface area contributed by atoms with E-state index in [2.05, 4.69) is 41.5 Å². The molecule has 0 aliphatic carbocycles. The van der Waals surface area contributed by atoms with Crippen LogP contribution in [0.4, 0.5) is 0 Å². The number of hydrogen-bond donors (Lipinski definition) is 1. The van der Waals surface area contributed by atoms with Gasteiger partial charge in [-0.15, -0.1) is 0 Å². The molecule has 0 saturated heterocycles. The van der Waals surface area contributed by atoms with Gasteiger partial charge in [-0.2, -0.15) is 0 Å². The Labute approximate surface area is 137 Å². The van der Waals surface area contributed by atoms with Gasteiger partial charge in [0, 0.05) is 13.0 Å². The van der Waals surface area contributed by atoms with Crippen LogP contribution in [0.5, 0.6) is 0 Å². The summed E-state index contributed by atoms with van der Waals surface area (Å²) in [7, 11) is 0. The van der Waals surface area contributed by atoms with Gasteiger partial charge in [-0.25, -0.2) is 0 Å². The van der Waals surface area contributed by atoms with E-state index in [1.54, 1.807) is 0 Å². The number of carbonyl (C=O) groups is 1. The Morgan fingerprint density at radius 3 is 1.82 bits per heavy atom. The van der Waals surface area contributed by atoms with Crippen LogP contribution in [0.1, 0.15) is 88.0 Å². The smallest absolute Gasteiger partial charge is 0.312 e. The Hall–Kier alpha value is -0.570. The maximum Gasteiger partial charge on any atom is 0.312 e. The minimum Gasteiger partial charge on any atom is -0.459 e. The second-order valence-corrected chi connectivity index (χ2v) is 8.89. The zero-order chi connectivity index (χ0) is 17.8. The van der Waals surface area contributed by atoms with E-state index in [1.165, 1.54) is 0 Å². The van der Waals surface area contributed by atoms with Crippen molar-refractivity contribution in [3.8, 4) is 0 Å². The van der Waals surface area contributed by atoms with E-state index in [4.69, 9.17) is 9.84 Å². The normalized spacial score (nSPS) is 16.3. The molecular weight excluding hydrogens is 276 g/mol. The Morgan fingerprint density at radius 1 is 0.955 bits per heavy atom. The van der Waals surface area contributed by atoms with E-state index in [-0.39, 0.29) is 23.4 Å². The SMILES string of the molecule is CCC(C)(C)CC(C)(C(=O)OC(C)(C)CCO)C(C)(C)CC. The van der Waals surface area contributed by atoms with Crippen molar-refractivity contribution >= 4 is 5.97 Å². The summed E-state index contributed by atoms with van der Waals surface area (Å²) in [6, 6.07) is 0. The summed E-state index contributed by atoms with van der Waals surface area (Å²) in [5.41, 5.74) is -1.24. The number of hydrogen-bond acceptors (Lipinski definition) is 3. The van der Waals surface area contributed by atoms with Crippen molar-refractivity contribution in [2.45, 2.75) is 93.6 Å². The Bertz CT molecular complexity index is 369. The second kappa shape index (κ2) is 7.33. The first kappa shape index (κ1) is 21.4. The molecule has 1 unspecified atom stereocenters. The van der Waals surface area contributed by atoms with Gasteiger partial charge in [-0.3, -0.25) is 4.79 Å². The van der Waals surface area contributed by atoms with Gasteiger partial charge in [-0.1, -0.05) is 48.0 Å². The molecule has 0 rings (SSSR count). The van der Waals surface area contributed by atoms with Crippen molar-refractivity contribution in [2.24, 2.45) is 16.2 Å². The quantitative estimate of drug-likeness (QED) is 0.612. The molecule has 3 nitrogen and oxygen atoms in total. The highest BCUT2D eigenvalue weighted by atomic mass is 16.6. The van der Waals surface area contributed by atoms with Crippen LogP contribution >= 0.6 is 0 Å². The van der Waals surface area contributed by atoms with Gasteiger partial charge in [0.2, 0.25) is 0 Å². The third kappa shape index (κ3) is 5.26. The number of rotatable bonds is 9. The molecular formula is C19H38O3. The standard InChI is InChI=1S/C19H38O3/c1-10-16(3,4)14-19(9,17(5,6)11-2)15(21)22-18(7,8)12-13-20/h20H,10-14H2,1-9H3. The van der Waals surface area contributed by atoms with E-state index >= 15 is 0 Å². The van der Waals surface area contributed by atoms with Gasteiger partial charge in [-0.05, 0) is 44.4 Å². The molecule has 22 heavy (non-hydrogen) atoms. The molecule has 0 radical (unpaired) electrons. The lowest BCUT2D eigenvalue weighted by Gasteiger charge is -2.47. The number of esters is 1. The van der Waals surface area contributed by atoms with E-state index in [1.807, 2.05) is 20.8 Å². The van der Waals surface area contributed by atoms with Crippen LogP contribution in [0.3, 0.4) is 0 Å². The first-order valence-electron chi connectivity index (χ1n) is 8.61. The third-order valence-electron chi connectivity index (χ3n) is 5.70. The Balaban J connectivity index is 5.55. The van der Waals surface area contributed by atoms with Crippen LogP contribution in [0.2, 0.25) is 0 Å². The molecule has 0 aliphatic heterocycles. The molecule has 0 aliphatic rings. The van der Waals surface area contributed by atoms with E-state index in [0.29, 0.717) is 6.42 Å². The average molecular weight is 315 g/mol. The van der Waals surface area contributed by atoms with Crippen molar-refractivity contribution in [1.82, 2.24) is 0 Å². The van der Waals surface area contributed by atoms with Gasteiger partial charge in [0.1, 0.15) is 5.60 Å². The summed E-state index contributed by atoms with van der Waals surface area (Å²) >= 11 is 0. The Morgan fingerprint density at radius 2 is 1.45 bits per heavy atom. The zero-order valence-electron chi connectivity index (χ0n) is 16.3. The number of aliphatic hydroxyl groups is 1. The first-order valence-corrected chi connectivity index (χ1v) is 8.61. The fourth-order valence-electron chi connectivity index (χ4n) is 2.74. The van der Waals surface area contributed by atoms with Crippen LogP contribution in [-0.2, 0) is 9.53 Å². The monoisotopic (exact) mass is 314 g/mol. The van der Waals surface area contributed by atoms with E-state index in [9.17, 15) is 4.79 Å². The van der Waals surface area contributed by atoms with Crippen LogP contribution in [0.15, 0.2) is 0 Å². The fraction of sp³-hybridized carbons (Fsp3) is 0.947. The predicted octanol–water partition coefficient (Wildman–Crippen LogP) is 4.96. The fourth-order valence-corrected chi connectivity index (χ4v) is 2.74. The molecule has 132 valence electrons. The van der Waals surface area contributed by atoms with Crippen molar-refractivity contribution in [2.75, 3.05) is 6.61 Å². The lowest BCUT2D eigenvalue weighted by molar-refractivity contribution is -0.180. The summed E-state index contributed by atoms with van der Waals surface area (Å²) in [6.07, 6.45) is 3.19. The molecule has 0 bridgehead atoms. The molecule has 0 fully saturated rings. The summed E-state index contributed by atoms with van der Waals surface area (Å²) < 4.78 is 5.82. The highest BCUT2D eigenvalue weighted by Crippen LogP contribution is 2.50. The molecule has 0 saturated carbocycles. The van der Waals surface area contributed by atoms with Crippen molar-refractivity contribution in [1.29, 1.82) is 0 Å². The number of aliphatic hydroxyl groups excluding tert-OH is 1. The van der Waals surface area contributed by atoms with E-state index < -0.39 is 11.0 Å². The van der Waals surface area contributed by atoms with Crippen LogP contribution < -0.4 is 0 Å². The summed E-state index contributed by atoms with van der Waals surface area (Å²) in [5.74, 6) is -0.140. The van der Waals surface area contributed by atoms with Crippen molar-refractivity contribution in [3.63, 3.8) is 0 Å². The topological polar surface area (TPSA) is 46.5 Å². The van der Waals surface area contributed by atoms with Crippen molar-refractivity contribution < 1.29 is 14.6 Å². The molecule has 0 aromatic heterocycles. The first-order chi connectivity index (χ1) is 9.77. The zero-order valence-corrected chi connectivity index (χ0v) is 16.3. The van der Waals surface area contributed by atoms with Gasteiger partial charge in [0.15, 0.2) is 0 Å². The van der Waals surface area contributed by atoms with Gasteiger partial charge < -0.3 is 9.84 Å².